The molecule has 0 aromatic heterocycles. The van der Waals surface area contributed by atoms with Gasteiger partial charge in [0.25, 0.3) is 0 Å². The number of benzene rings is 1. The van der Waals surface area contributed by atoms with Crippen LogP contribution in [0.25, 0.3) is 0 Å². The summed E-state index contributed by atoms with van der Waals surface area (Å²) in [5.41, 5.74) is 1.19. The second kappa shape index (κ2) is 7.81. The summed E-state index contributed by atoms with van der Waals surface area (Å²) in [6.07, 6.45) is 2.12. The van der Waals surface area contributed by atoms with Gasteiger partial charge < -0.3 is 5.32 Å². The van der Waals surface area contributed by atoms with Gasteiger partial charge in [-0.3, -0.25) is 9.69 Å². The first-order chi connectivity index (χ1) is 10.0. The van der Waals surface area contributed by atoms with Crippen molar-refractivity contribution in [2.24, 2.45) is 11.8 Å². The highest BCUT2D eigenvalue weighted by molar-refractivity contribution is 6.30. The van der Waals surface area contributed by atoms with Crippen LogP contribution in [0.3, 0.4) is 0 Å². The molecular formula is C17H25ClN2O. The molecule has 0 radical (unpaired) electrons. The SMILES string of the molecule is CC1CC(C)CN(CC(=O)NCCc2ccc(Cl)cc2)C1. The van der Waals surface area contributed by atoms with Crippen molar-refractivity contribution in [3.05, 3.63) is 34.9 Å². The molecule has 3 nitrogen and oxygen atoms in total. The molecule has 0 bridgehead atoms. The molecular weight excluding hydrogens is 284 g/mol. The van der Waals surface area contributed by atoms with E-state index in [4.69, 9.17) is 11.6 Å². The Balaban J connectivity index is 1.68. The van der Waals surface area contributed by atoms with Crippen molar-refractivity contribution in [1.82, 2.24) is 10.2 Å². The lowest BCUT2D eigenvalue weighted by atomic mass is 9.92. The van der Waals surface area contributed by atoms with E-state index in [-0.39, 0.29) is 5.91 Å². The molecule has 0 spiro atoms. The summed E-state index contributed by atoms with van der Waals surface area (Å²) in [7, 11) is 0. The van der Waals surface area contributed by atoms with Gasteiger partial charge in [-0.15, -0.1) is 0 Å². The summed E-state index contributed by atoms with van der Waals surface area (Å²) in [5.74, 6) is 1.51. The predicted octanol–water partition coefficient (Wildman–Crippen LogP) is 2.98. The van der Waals surface area contributed by atoms with Gasteiger partial charge in [0.2, 0.25) is 5.91 Å². The average molecular weight is 309 g/mol. The molecule has 1 aromatic rings. The minimum atomic E-state index is 0.130. The third-order valence-electron chi connectivity index (χ3n) is 3.96. The van der Waals surface area contributed by atoms with Crippen LogP contribution in [0, 0.1) is 11.8 Å². The van der Waals surface area contributed by atoms with Crippen molar-refractivity contribution in [1.29, 1.82) is 0 Å². The monoisotopic (exact) mass is 308 g/mol. The van der Waals surface area contributed by atoms with Crippen LogP contribution < -0.4 is 5.32 Å². The maximum atomic E-state index is 12.0. The highest BCUT2D eigenvalue weighted by Gasteiger charge is 2.22. The van der Waals surface area contributed by atoms with Gasteiger partial charge in [0.1, 0.15) is 0 Å². The van der Waals surface area contributed by atoms with Crippen LogP contribution in [0.1, 0.15) is 25.8 Å². The molecule has 1 amide bonds. The number of hydrogen-bond donors (Lipinski definition) is 1. The molecule has 1 N–H and O–H groups in total. The Labute approximate surface area is 132 Å². The van der Waals surface area contributed by atoms with Gasteiger partial charge in [-0.25, -0.2) is 0 Å². The first-order valence-corrected chi connectivity index (χ1v) is 8.14. The van der Waals surface area contributed by atoms with Crippen molar-refractivity contribution in [2.75, 3.05) is 26.2 Å². The quantitative estimate of drug-likeness (QED) is 0.907. The Hall–Kier alpha value is -1.06. The number of nitrogens with zero attached hydrogens (tertiary/aromatic N) is 1. The van der Waals surface area contributed by atoms with Gasteiger partial charge in [0, 0.05) is 24.7 Å². The van der Waals surface area contributed by atoms with Crippen LogP contribution in [0.15, 0.2) is 24.3 Å². The number of nitrogens with one attached hydrogen (secondary N) is 1. The third-order valence-corrected chi connectivity index (χ3v) is 4.21. The van der Waals surface area contributed by atoms with Crippen LogP contribution >= 0.6 is 11.6 Å². The van der Waals surface area contributed by atoms with E-state index in [0.717, 1.165) is 24.5 Å². The Morgan fingerprint density at radius 3 is 2.48 bits per heavy atom. The van der Waals surface area contributed by atoms with E-state index in [0.29, 0.717) is 24.9 Å². The Bertz CT molecular complexity index is 450. The molecule has 0 aliphatic carbocycles. The normalized spacial score (nSPS) is 23.0. The summed E-state index contributed by atoms with van der Waals surface area (Å²) >= 11 is 5.85. The number of amides is 1. The summed E-state index contributed by atoms with van der Waals surface area (Å²) in [6.45, 7) is 7.81. The summed E-state index contributed by atoms with van der Waals surface area (Å²) in [5, 5.41) is 3.76. The van der Waals surface area contributed by atoms with Crippen LogP contribution in [0.5, 0.6) is 0 Å². The van der Waals surface area contributed by atoms with Gasteiger partial charge in [-0.1, -0.05) is 37.6 Å². The molecule has 2 unspecified atom stereocenters. The predicted molar refractivity (Wildman–Crippen MR) is 87.6 cm³/mol. The number of likely N-dealkylation sites (tertiary alicyclic amines) is 1. The van der Waals surface area contributed by atoms with Crippen molar-refractivity contribution in [3.63, 3.8) is 0 Å². The molecule has 4 heteroatoms. The second-order valence-electron chi connectivity index (χ2n) is 6.37. The first kappa shape index (κ1) is 16.3. The summed E-state index contributed by atoms with van der Waals surface area (Å²) in [4.78, 5) is 14.3. The number of piperidine rings is 1. The molecule has 1 heterocycles. The first-order valence-electron chi connectivity index (χ1n) is 7.76. The molecule has 116 valence electrons. The van der Waals surface area contributed by atoms with Crippen LogP contribution in [-0.4, -0.2) is 37.0 Å². The molecule has 1 aliphatic heterocycles. The number of carbonyl (C=O) groups excluding carboxylic acids is 1. The largest absolute Gasteiger partial charge is 0.355 e. The lowest BCUT2D eigenvalue weighted by Gasteiger charge is -2.34. The molecule has 2 atom stereocenters. The van der Waals surface area contributed by atoms with Crippen LogP contribution in [0.4, 0.5) is 0 Å². The highest BCUT2D eigenvalue weighted by Crippen LogP contribution is 2.20. The average Bonchev–Trinajstić information content (AvgIpc) is 2.39. The Kier molecular flexibility index (Phi) is 6.07. The van der Waals surface area contributed by atoms with Gasteiger partial charge in [-0.2, -0.15) is 0 Å². The van der Waals surface area contributed by atoms with Crippen LogP contribution in [-0.2, 0) is 11.2 Å². The van der Waals surface area contributed by atoms with E-state index in [2.05, 4.69) is 24.1 Å². The lowest BCUT2D eigenvalue weighted by Crippen LogP contribution is -2.44. The number of rotatable bonds is 5. The molecule has 21 heavy (non-hydrogen) atoms. The van der Waals surface area contributed by atoms with Crippen LogP contribution in [0.2, 0.25) is 5.02 Å². The van der Waals surface area contributed by atoms with Gasteiger partial charge in [-0.05, 0) is 42.4 Å². The number of hydrogen-bond acceptors (Lipinski definition) is 2. The molecule has 1 saturated heterocycles. The van der Waals surface area contributed by atoms with E-state index in [1.807, 2.05) is 24.3 Å². The topological polar surface area (TPSA) is 32.3 Å². The zero-order chi connectivity index (χ0) is 15.2. The fourth-order valence-corrected chi connectivity index (χ4v) is 3.30. The second-order valence-corrected chi connectivity index (χ2v) is 6.80. The maximum absolute atomic E-state index is 12.0. The maximum Gasteiger partial charge on any atom is 0.234 e. The third kappa shape index (κ3) is 5.68. The van der Waals surface area contributed by atoms with Gasteiger partial charge >= 0.3 is 0 Å². The van der Waals surface area contributed by atoms with Crippen molar-refractivity contribution in [3.8, 4) is 0 Å². The fourth-order valence-electron chi connectivity index (χ4n) is 3.18. The zero-order valence-corrected chi connectivity index (χ0v) is 13.7. The number of carbonyl (C=O) groups is 1. The molecule has 2 rings (SSSR count). The minimum Gasteiger partial charge on any atom is -0.355 e. The zero-order valence-electron chi connectivity index (χ0n) is 12.9. The minimum absolute atomic E-state index is 0.130. The highest BCUT2D eigenvalue weighted by atomic mass is 35.5. The lowest BCUT2D eigenvalue weighted by molar-refractivity contribution is -0.122. The summed E-state index contributed by atoms with van der Waals surface area (Å²) < 4.78 is 0. The van der Waals surface area contributed by atoms with Gasteiger partial charge in [0.05, 0.1) is 6.54 Å². The van der Waals surface area contributed by atoms with Crippen molar-refractivity contribution >= 4 is 17.5 Å². The molecule has 1 aromatic carbocycles. The van der Waals surface area contributed by atoms with Crippen molar-refractivity contribution < 1.29 is 4.79 Å². The van der Waals surface area contributed by atoms with E-state index < -0.39 is 0 Å². The Morgan fingerprint density at radius 1 is 1.24 bits per heavy atom. The van der Waals surface area contributed by atoms with E-state index in [1.165, 1.54) is 12.0 Å². The fraction of sp³-hybridized carbons (Fsp3) is 0.588. The van der Waals surface area contributed by atoms with E-state index >= 15 is 0 Å². The van der Waals surface area contributed by atoms with Gasteiger partial charge in [0.15, 0.2) is 0 Å². The molecule has 0 saturated carbocycles. The summed E-state index contributed by atoms with van der Waals surface area (Å²) in [6, 6.07) is 7.77. The van der Waals surface area contributed by atoms with E-state index in [9.17, 15) is 4.79 Å². The molecule has 1 fully saturated rings. The van der Waals surface area contributed by atoms with Crippen molar-refractivity contribution in [2.45, 2.75) is 26.7 Å². The number of halogens is 1. The smallest absolute Gasteiger partial charge is 0.234 e. The molecule has 1 aliphatic rings. The van der Waals surface area contributed by atoms with E-state index in [1.54, 1.807) is 0 Å². The standard InChI is InChI=1S/C17H25ClN2O/c1-13-9-14(2)11-20(10-13)12-17(21)19-8-7-15-3-5-16(18)6-4-15/h3-6,13-14H,7-12H2,1-2H3,(H,19,21). The Morgan fingerprint density at radius 2 is 1.86 bits per heavy atom.